The molecule has 1 fully saturated rings. The van der Waals surface area contributed by atoms with E-state index in [4.69, 9.17) is 4.74 Å². The lowest BCUT2D eigenvalue weighted by atomic mass is 9.98. The standard InChI is InChI=1S/C30H36N4O11/c1-17-5-3-6-18(2)27(17)30(42)45-16-20(35)15-31-28(40)22-7-4-12-33(22)29(41)21(9-11-26(38)39)32-25(37)14-19-8-10-24(36)23(13-19)34(43)44/h3,5-6,8,10,13,21-24,36H,4,7,9,11-12,14-16H2,1-2H3,(H,31,40)(H,32,37)(H,38,39)/t21-,22?,23?,24?/m1/s1. The van der Waals surface area contributed by atoms with Gasteiger partial charge in [-0.15, -0.1) is 0 Å². The molecule has 0 saturated carbocycles. The van der Waals surface area contributed by atoms with Gasteiger partial charge in [-0.05, 0) is 62.0 Å². The van der Waals surface area contributed by atoms with E-state index in [1.165, 1.54) is 17.1 Å². The summed E-state index contributed by atoms with van der Waals surface area (Å²) in [5.74, 6) is -4.51. The van der Waals surface area contributed by atoms with Crippen molar-refractivity contribution >= 4 is 35.4 Å². The highest BCUT2D eigenvalue weighted by Crippen LogP contribution is 2.21. The Bertz CT molecular complexity index is 1400. The van der Waals surface area contributed by atoms with Gasteiger partial charge < -0.3 is 30.5 Å². The molecule has 1 aromatic carbocycles. The van der Waals surface area contributed by atoms with Crippen LogP contribution in [0.4, 0.5) is 0 Å². The third-order valence-electron chi connectivity index (χ3n) is 7.48. The lowest BCUT2D eigenvalue weighted by Crippen LogP contribution is -2.54. The molecule has 3 rings (SSSR count). The number of ether oxygens (including phenoxy) is 1. The van der Waals surface area contributed by atoms with Gasteiger partial charge in [0, 0.05) is 17.9 Å². The number of aryl methyl sites for hydroxylation is 2. The Morgan fingerprint density at radius 2 is 1.84 bits per heavy atom. The average Bonchev–Trinajstić information content (AvgIpc) is 3.47. The number of esters is 1. The maximum Gasteiger partial charge on any atom is 0.339 e. The molecule has 242 valence electrons. The Hall–Kier alpha value is -4.92. The summed E-state index contributed by atoms with van der Waals surface area (Å²) in [4.78, 5) is 86.9. The number of rotatable bonds is 14. The Labute approximate surface area is 258 Å². The molecule has 0 spiro atoms. The predicted octanol–water partition coefficient (Wildman–Crippen LogP) is 0.379. The molecule has 3 unspecified atom stereocenters. The molecule has 15 heteroatoms. The minimum Gasteiger partial charge on any atom is -0.481 e. The van der Waals surface area contributed by atoms with Crippen LogP contribution in [0, 0.1) is 24.0 Å². The Morgan fingerprint density at radius 1 is 1.16 bits per heavy atom. The number of likely N-dealkylation sites (tertiary alicyclic amines) is 1. The number of nitro groups is 1. The minimum absolute atomic E-state index is 0.147. The summed E-state index contributed by atoms with van der Waals surface area (Å²) >= 11 is 0. The molecule has 0 bridgehead atoms. The summed E-state index contributed by atoms with van der Waals surface area (Å²) in [6, 6.07) is 1.53. The van der Waals surface area contributed by atoms with E-state index < -0.39 is 84.2 Å². The first kappa shape index (κ1) is 34.6. The van der Waals surface area contributed by atoms with Crippen molar-refractivity contribution < 1.29 is 48.6 Å². The van der Waals surface area contributed by atoms with Crippen LogP contribution in [0.1, 0.15) is 53.6 Å². The fraction of sp³-hybridized carbons (Fsp3) is 0.467. The summed E-state index contributed by atoms with van der Waals surface area (Å²) in [7, 11) is 0. The van der Waals surface area contributed by atoms with Crippen LogP contribution in [-0.4, -0.2) is 99.4 Å². The molecule has 0 radical (unpaired) electrons. The second-order valence-electron chi connectivity index (χ2n) is 10.9. The highest BCUT2D eigenvalue weighted by Gasteiger charge is 2.38. The Morgan fingerprint density at radius 3 is 2.49 bits per heavy atom. The molecule has 0 aromatic heterocycles. The summed E-state index contributed by atoms with van der Waals surface area (Å²) in [5.41, 5.74) is 1.96. The lowest BCUT2D eigenvalue weighted by molar-refractivity contribution is -0.518. The first-order valence-corrected chi connectivity index (χ1v) is 14.3. The van der Waals surface area contributed by atoms with E-state index in [2.05, 4.69) is 10.6 Å². The van der Waals surface area contributed by atoms with E-state index in [0.29, 0.717) is 23.1 Å². The number of hydrogen-bond donors (Lipinski definition) is 4. The summed E-state index contributed by atoms with van der Waals surface area (Å²) in [6.07, 6.45) is 1.89. The van der Waals surface area contributed by atoms with Crippen LogP contribution in [-0.2, 0) is 28.7 Å². The van der Waals surface area contributed by atoms with Crippen LogP contribution in [0.3, 0.4) is 0 Å². The SMILES string of the molecule is Cc1cccc(C)c1C(=O)OCC(=O)CNC(=O)C1CCCN1C(=O)[C@@H](CCC(=O)O)NC(=O)CC1=CC([N+](=O)[O-])C(O)C=C1. The van der Waals surface area contributed by atoms with Crippen LogP contribution >= 0.6 is 0 Å². The number of ketones is 1. The van der Waals surface area contributed by atoms with Crippen LogP contribution in [0.2, 0.25) is 0 Å². The number of Topliss-reactive ketones (excluding diaryl/α,β-unsaturated/α-hetero) is 1. The quantitative estimate of drug-likeness (QED) is 0.125. The van der Waals surface area contributed by atoms with Crippen molar-refractivity contribution in [3.63, 3.8) is 0 Å². The Balaban J connectivity index is 1.58. The van der Waals surface area contributed by atoms with Gasteiger partial charge in [0.1, 0.15) is 18.2 Å². The molecular weight excluding hydrogens is 592 g/mol. The van der Waals surface area contributed by atoms with Gasteiger partial charge in [-0.1, -0.05) is 24.3 Å². The van der Waals surface area contributed by atoms with Gasteiger partial charge in [-0.3, -0.25) is 34.1 Å². The number of allylic oxidation sites excluding steroid dienone is 1. The first-order chi connectivity index (χ1) is 21.3. The van der Waals surface area contributed by atoms with Crippen molar-refractivity contribution in [2.75, 3.05) is 19.7 Å². The summed E-state index contributed by atoms with van der Waals surface area (Å²) < 4.78 is 5.11. The molecule has 1 heterocycles. The zero-order valence-electron chi connectivity index (χ0n) is 24.9. The molecular formula is C30H36N4O11. The fourth-order valence-corrected chi connectivity index (χ4v) is 5.18. The maximum absolute atomic E-state index is 13.5. The topological polar surface area (TPSA) is 223 Å². The van der Waals surface area contributed by atoms with Crippen molar-refractivity contribution in [2.45, 2.75) is 70.2 Å². The number of benzene rings is 1. The van der Waals surface area contributed by atoms with Gasteiger partial charge in [-0.25, -0.2) is 4.79 Å². The van der Waals surface area contributed by atoms with E-state index >= 15 is 0 Å². The smallest absolute Gasteiger partial charge is 0.339 e. The number of nitrogens with one attached hydrogen (secondary N) is 2. The maximum atomic E-state index is 13.5. The van der Waals surface area contributed by atoms with Crippen molar-refractivity contribution in [1.82, 2.24) is 15.5 Å². The molecule has 4 atom stereocenters. The average molecular weight is 629 g/mol. The summed E-state index contributed by atoms with van der Waals surface area (Å²) in [6.45, 7) is 2.59. The van der Waals surface area contributed by atoms with Gasteiger partial charge >= 0.3 is 11.9 Å². The molecule has 2 aliphatic rings. The molecule has 4 N–H and O–H groups in total. The van der Waals surface area contributed by atoms with E-state index in [0.717, 1.165) is 6.08 Å². The monoisotopic (exact) mass is 628 g/mol. The van der Waals surface area contributed by atoms with Crippen LogP contribution in [0.25, 0.3) is 0 Å². The fourth-order valence-electron chi connectivity index (χ4n) is 5.18. The van der Waals surface area contributed by atoms with Crippen LogP contribution in [0.15, 0.2) is 42.0 Å². The molecule has 1 aromatic rings. The van der Waals surface area contributed by atoms with Crippen molar-refractivity contribution in [1.29, 1.82) is 0 Å². The third kappa shape index (κ3) is 9.53. The number of carbonyl (C=O) groups excluding carboxylic acids is 5. The van der Waals surface area contributed by atoms with Crippen molar-refractivity contribution in [3.05, 3.63) is 68.8 Å². The number of aliphatic hydroxyl groups is 1. The minimum atomic E-state index is -1.44. The van der Waals surface area contributed by atoms with Gasteiger partial charge in [0.2, 0.25) is 17.7 Å². The molecule has 45 heavy (non-hydrogen) atoms. The largest absolute Gasteiger partial charge is 0.481 e. The number of hydrogen-bond acceptors (Lipinski definition) is 10. The molecule has 1 aliphatic carbocycles. The predicted molar refractivity (Wildman–Crippen MR) is 156 cm³/mol. The number of carboxylic acid groups (broad SMARTS) is 1. The number of carbonyl (C=O) groups is 6. The molecule has 15 nitrogen and oxygen atoms in total. The van der Waals surface area contributed by atoms with Crippen LogP contribution < -0.4 is 10.6 Å². The van der Waals surface area contributed by atoms with Gasteiger partial charge in [0.25, 0.3) is 6.04 Å². The first-order valence-electron chi connectivity index (χ1n) is 14.3. The number of amides is 3. The number of aliphatic hydroxyl groups excluding tert-OH is 1. The number of aliphatic carboxylic acids is 1. The normalized spacial score (nSPS) is 19.7. The van der Waals surface area contributed by atoms with E-state index in [1.54, 1.807) is 32.0 Å². The second kappa shape index (κ2) is 15.7. The molecule has 1 saturated heterocycles. The van der Waals surface area contributed by atoms with Crippen LogP contribution in [0.5, 0.6) is 0 Å². The second-order valence-corrected chi connectivity index (χ2v) is 10.9. The zero-order chi connectivity index (χ0) is 33.3. The lowest BCUT2D eigenvalue weighted by Gasteiger charge is -2.28. The van der Waals surface area contributed by atoms with E-state index in [-0.39, 0.29) is 31.4 Å². The highest BCUT2D eigenvalue weighted by molar-refractivity contribution is 5.96. The zero-order valence-corrected chi connectivity index (χ0v) is 24.9. The van der Waals surface area contributed by atoms with Gasteiger partial charge in [-0.2, -0.15) is 0 Å². The van der Waals surface area contributed by atoms with Gasteiger partial charge in [0.05, 0.1) is 18.5 Å². The molecule has 3 amide bonds. The number of carboxylic acids is 1. The molecule has 1 aliphatic heterocycles. The third-order valence-corrected chi connectivity index (χ3v) is 7.48. The van der Waals surface area contributed by atoms with Crippen molar-refractivity contribution in [2.24, 2.45) is 0 Å². The van der Waals surface area contributed by atoms with E-state index in [9.17, 15) is 49.1 Å². The Kier molecular flexibility index (Phi) is 12.1. The summed E-state index contributed by atoms with van der Waals surface area (Å²) in [5, 5.41) is 35.0. The van der Waals surface area contributed by atoms with Crippen molar-refractivity contribution in [3.8, 4) is 0 Å². The van der Waals surface area contributed by atoms with Gasteiger partial charge in [0.15, 0.2) is 12.4 Å². The highest BCUT2D eigenvalue weighted by atomic mass is 16.6. The number of nitrogens with zero attached hydrogens (tertiary/aromatic N) is 2. The van der Waals surface area contributed by atoms with E-state index in [1.807, 2.05) is 0 Å².